The van der Waals surface area contributed by atoms with Crippen LogP contribution < -0.4 is 31.3 Å². The van der Waals surface area contributed by atoms with Gasteiger partial charge >= 0.3 is 0 Å². The van der Waals surface area contributed by atoms with Gasteiger partial charge in [-0.2, -0.15) is 10.5 Å². The third-order valence-corrected chi connectivity index (χ3v) is 12.4. The minimum Gasteiger partial charge on any atom is -0.489 e. The third kappa shape index (κ3) is 12.1. The van der Waals surface area contributed by atoms with Crippen LogP contribution in [0, 0.1) is 38.9 Å². The van der Waals surface area contributed by atoms with Crippen LogP contribution in [0.1, 0.15) is 101 Å². The molecule has 0 spiro atoms. The Bertz CT molecular complexity index is 2180. The highest BCUT2D eigenvalue weighted by Gasteiger charge is 2.64. The first-order valence-corrected chi connectivity index (χ1v) is 21.9. The number of nitrogens with zero attached hydrogens (tertiary/aromatic N) is 3. The number of anilines is 1. The topological polar surface area (TPSA) is 209 Å². The predicted octanol–water partition coefficient (Wildman–Crippen LogP) is 5.68. The number of carbonyl (C=O) groups excluding carboxylic acids is 4. The van der Waals surface area contributed by atoms with Crippen molar-refractivity contribution >= 4 is 40.9 Å². The van der Waals surface area contributed by atoms with Gasteiger partial charge in [0.1, 0.15) is 30.0 Å². The molecule has 63 heavy (non-hydrogen) atoms. The van der Waals surface area contributed by atoms with Crippen LogP contribution in [0.4, 0.5) is 5.69 Å². The minimum absolute atomic E-state index is 0.0122. The lowest BCUT2D eigenvalue weighted by Gasteiger charge is -2.63. The number of nitriles is 2. The third-order valence-electron chi connectivity index (χ3n) is 12.1. The molecule has 6 N–H and O–H groups in total. The molecule has 3 atom stereocenters. The van der Waals surface area contributed by atoms with E-state index < -0.39 is 35.4 Å². The van der Waals surface area contributed by atoms with E-state index in [4.69, 9.17) is 21.6 Å². The molecule has 0 bridgehead atoms. The minimum atomic E-state index is -0.918. The molecule has 3 aromatic rings. The van der Waals surface area contributed by atoms with E-state index in [1.807, 2.05) is 32.9 Å². The van der Waals surface area contributed by atoms with Crippen LogP contribution in [0.5, 0.6) is 5.75 Å². The molecule has 0 aromatic heterocycles. The summed E-state index contributed by atoms with van der Waals surface area (Å²) in [6, 6.07) is 21.4. The molecule has 0 radical (unpaired) electrons. The highest BCUT2D eigenvalue weighted by atomic mass is 35.5. The van der Waals surface area contributed by atoms with Gasteiger partial charge in [0.05, 0.1) is 34.9 Å². The Morgan fingerprint density at radius 1 is 0.921 bits per heavy atom. The summed E-state index contributed by atoms with van der Waals surface area (Å²) in [5.41, 5.74) is 1.74. The Hall–Kier alpha value is -5.67. The van der Waals surface area contributed by atoms with E-state index in [9.17, 15) is 29.5 Å². The van der Waals surface area contributed by atoms with Gasteiger partial charge in [0.2, 0.25) is 17.7 Å². The molecule has 0 unspecified atom stereocenters. The van der Waals surface area contributed by atoms with Gasteiger partial charge in [0.25, 0.3) is 5.91 Å². The van der Waals surface area contributed by atoms with Gasteiger partial charge in [0, 0.05) is 60.2 Å². The molecule has 4 amide bonds. The van der Waals surface area contributed by atoms with Gasteiger partial charge in [-0.25, -0.2) is 0 Å². The molecule has 5 rings (SSSR count). The lowest BCUT2D eigenvalue weighted by atomic mass is 9.49. The summed E-state index contributed by atoms with van der Waals surface area (Å²) in [5, 5.41) is 44.5. The second-order valence-electron chi connectivity index (χ2n) is 18.8. The quantitative estimate of drug-likeness (QED) is 0.0863. The molecule has 3 aromatic carbocycles. The van der Waals surface area contributed by atoms with Gasteiger partial charge in [-0.3, -0.25) is 19.2 Å². The standard InChI is InChI=1S/C48H61ClN8O6/c1-46(2,3)40(43(62)57-29-35(58)23-38(57)42(61)54-27-31-13-11-30(25-50)12-14-31)55-39(59)28-52-21-9-8-10-22-53-34-18-15-32(16-19-34)41(60)56-44-47(4,5)45(48(44,6)7)63-36-20-17-33(26-51)37(49)24-36/h11-20,24,35,38,40,44-45,52-53,58H,8-10,21-23,27-29H2,1-7H3,(H,54,61)(H,55,59)(H,56,60)/t35-,38+,40-,44-,45-/m1/s1. The van der Waals surface area contributed by atoms with Crippen molar-refractivity contribution in [1.29, 1.82) is 10.5 Å². The van der Waals surface area contributed by atoms with E-state index in [0.29, 0.717) is 34.0 Å². The van der Waals surface area contributed by atoms with Crippen molar-refractivity contribution in [3.63, 3.8) is 0 Å². The first-order valence-electron chi connectivity index (χ1n) is 21.5. The fourth-order valence-corrected chi connectivity index (χ4v) is 9.09. The summed E-state index contributed by atoms with van der Waals surface area (Å²) >= 11 is 6.23. The van der Waals surface area contributed by atoms with Gasteiger partial charge in [-0.15, -0.1) is 0 Å². The molecule has 1 aliphatic heterocycles. The molecule has 1 saturated carbocycles. The number of likely N-dealkylation sites (tertiary alicyclic amines) is 1. The summed E-state index contributed by atoms with van der Waals surface area (Å²) < 4.78 is 6.35. The fourth-order valence-electron chi connectivity index (χ4n) is 8.87. The summed E-state index contributed by atoms with van der Waals surface area (Å²) in [5.74, 6) is -0.743. The van der Waals surface area contributed by atoms with E-state index in [-0.39, 0.29) is 60.8 Å². The van der Waals surface area contributed by atoms with E-state index in [1.165, 1.54) is 4.90 Å². The highest BCUT2D eigenvalue weighted by molar-refractivity contribution is 6.31. The monoisotopic (exact) mass is 880 g/mol. The number of unbranched alkanes of at least 4 members (excludes halogenated alkanes) is 2. The normalized spacial score (nSPS) is 20.3. The number of aliphatic hydroxyl groups is 1. The average molecular weight is 882 g/mol. The van der Waals surface area contributed by atoms with Crippen LogP contribution in [0.2, 0.25) is 5.02 Å². The zero-order chi connectivity index (χ0) is 46.1. The lowest BCUT2D eigenvalue weighted by molar-refractivity contribution is -0.164. The molecule has 2 aliphatic rings. The van der Waals surface area contributed by atoms with E-state index >= 15 is 0 Å². The smallest absolute Gasteiger partial charge is 0.251 e. The number of nitrogens with one attached hydrogen (secondary N) is 5. The average Bonchev–Trinajstić information content (AvgIpc) is 3.65. The van der Waals surface area contributed by atoms with Crippen molar-refractivity contribution in [3.8, 4) is 17.9 Å². The first-order chi connectivity index (χ1) is 29.8. The Kier molecular flexibility index (Phi) is 15.9. The van der Waals surface area contributed by atoms with E-state index in [2.05, 4.69) is 66.4 Å². The van der Waals surface area contributed by atoms with Gasteiger partial charge in [-0.1, -0.05) is 78.6 Å². The summed E-state index contributed by atoms with van der Waals surface area (Å²) in [6.45, 7) is 15.4. The molecule has 2 fully saturated rings. The number of hydrogen-bond acceptors (Lipinski definition) is 10. The van der Waals surface area contributed by atoms with Gasteiger partial charge < -0.3 is 41.3 Å². The second-order valence-corrected chi connectivity index (χ2v) is 19.2. The molecule has 14 nitrogen and oxygen atoms in total. The van der Waals surface area contributed by atoms with E-state index in [0.717, 1.165) is 37.1 Å². The number of hydrogen-bond donors (Lipinski definition) is 6. The molecule has 1 heterocycles. The molecular formula is C48H61ClN8O6. The highest BCUT2D eigenvalue weighted by Crippen LogP contribution is 2.55. The Balaban J connectivity index is 0.991. The van der Waals surface area contributed by atoms with Crippen molar-refractivity contribution in [3.05, 3.63) is 94.0 Å². The van der Waals surface area contributed by atoms with Crippen molar-refractivity contribution < 1.29 is 29.0 Å². The number of aliphatic hydroxyl groups excluding tert-OH is 1. The van der Waals surface area contributed by atoms with Gasteiger partial charge in [-0.05, 0) is 78.9 Å². The van der Waals surface area contributed by atoms with Crippen LogP contribution in [-0.2, 0) is 20.9 Å². The van der Waals surface area contributed by atoms with Crippen LogP contribution in [0.25, 0.3) is 0 Å². The maximum Gasteiger partial charge on any atom is 0.251 e. The second kappa shape index (κ2) is 20.7. The van der Waals surface area contributed by atoms with Gasteiger partial charge in [0.15, 0.2) is 0 Å². The number of benzene rings is 3. The first kappa shape index (κ1) is 48.4. The van der Waals surface area contributed by atoms with Crippen LogP contribution in [0.15, 0.2) is 66.7 Å². The number of amides is 4. The number of carbonyl (C=O) groups is 4. The lowest BCUT2D eigenvalue weighted by Crippen LogP contribution is -2.74. The van der Waals surface area contributed by atoms with Crippen molar-refractivity contribution in [2.75, 3.05) is 31.5 Å². The molecule has 336 valence electrons. The number of ether oxygens (including phenoxy) is 1. The SMILES string of the molecule is CC(C)(C)[C@H](NC(=O)CNCCCCCNc1ccc(C(=O)N[C@H]2C(C)(C)[C@H](Oc3ccc(C#N)c(Cl)c3)C2(C)C)cc1)C(=O)N1C[C@H](O)C[C@H]1C(=O)NCc1ccc(C#N)cc1. The molecule has 1 saturated heterocycles. The number of halogens is 1. The fraction of sp³-hybridized carbons (Fsp3) is 0.500. The van der Waals surface area contributed by atoms with Crippen molar-refractivity contribution in [2.45, 2.75) is 111 Å². The van der Waals surface area contributed by atoms with Crippen LogP contribution in [-0.4, -0.2) is 90.1 Å². The summed E-state index contributed by atoms with van der Waals surface area (Å²) in [7, 11) is 0. The Morgan fingerprint density at radius 3 is 2.21 bits per heavy atom. The zero-order valence-corrected chi connectivity index (χ0v) is 38.1. The number of β-amino-alcohol motifs (C(OH)–C–C–N with tert-alkyl or cyclic N) is 1. The Morgan fingerprint density at radius 2 is 1.59 bits per heavy atom. The molecular weight excluding hydrogens is 820 g/mol. The number of rotatable bonds is 18. The van der Waals surface area contributed by atoms with Crippen LogP contribution in [0.3, 0.4) is 0 Å². The predicted molar refractivity (Wildman–Crippen MR) is 242 cm³/mol. The summed E-state index contributed by atoms with van der Waals surface area (Å²) in [6.07, 6.45) is 1.66. The zero-order valence-electron chi connectivity index (χ0n) is 37.3. The van der Waals surface area contributed by atoms with Crippen molar-refractivity contribution in [1.82, 2.24) is 26.2 Å². The summed E-state index contributed by atoms with van der Waals surface area (Å²) in [4.78, 5) is 54.8. The van der Waals surface area contributed by atoms with E-state index in [1.54, 1.807) is 54.6 Å². The van der Waals surface area contributed by atoms with Crippen LogP contribution >= 0.6 is 11.6 Å². The van der Waals surface area contributed by atoms with Crippen molar-refractivity contribution in [2.24, 2.45) is 16.2 Å². The maximum atomic E-state index is 13.9. The Labute approximate surface area is 376 Å². The maximum absolute atomic E-state index is 13.9. The largest absolute Gasteiger partial charge is 0.489 e. The molecule has 1 aliphatic carbocycles. The molecule has 15 heteroatoms.